The average Bonchev–Trinajstić information content (AvgIpc) is 2.69. The van der Waals surface area contributed by atoms with Crippen LogP contribution in [0.4, 0.5) is 0 Å². The van der Waals surface area contributed by atoms with Crippen molar-refractivity contribution in [3.8, 4) is 0 Å². The van der Waals surface area contributed by atoms with Crippen molar-refractivity contribution in [3.05, 3.63) is 21.3 Å². The van der Waals surface area contributed by atoms with E-state index in [1.165, 1.54) is 49.9 Å². The van der Waals surface area contributed by atoms with Gasteiger partial charge in [0.05, 0.1) is 9.90 Å². The second-order valence-electron chi connectivity index (χ2n) is 8.83. The van der Waals surface area contributed by atoms with E-state index >= 15 is 0 Å². The van der Waals surface area contributed by atoms with E-state index in [0.29, 0.717) is 15.9 Å². The number of carbonyl (C=O) groups excluding carboxylic acids is 1. The Morgan fingerprint density at radius 1 is 1.24 bits per heavy atom. The predicted molar refractivity (Wildman–Crippen MR) is 88.1 cm³/mol. The first-order valence-electron chi connectivity index (χ1n) is 8.07. The summed E-state index contributed by atoms with van der Waals surface area (Å²) in [6.45, 7) is 4.93. The fourth-order valence-electron chi connectivity index (χ4n) is 6.79. The molecule has 1 heterocycles. The van der Waals surface area contributed by atoms with Crippen LogP contribution in [-0.4, -0.2) is 5.78 Å². The van der Waals surface area contributed by atoms with E-state index in [1.54, 1.807) is 0 Å². The average molecular weight is 323 g/mol. The summed E-state index contributed by atoms with van der Waals surface area (Å²) >= 11 is 7.67. The van der Waals surface area contributed by atoms with Gasteiger partial charge in [-0.1, -0.05) is 25.4 Å². The van der Waals surface area contributed by atoms with Crippen LogP contribution in [0.25, 0.3) is 0 Å². The Bertz CT molecular complexity index is 586. The Kier molecular flexibility index (Phi) is 2.96. The van der Waals surface area contributed by atoms with Crippen LogP contribution >= 0.6 is 22.9 Å². The summed E-state index contributed by atoms with van der Waals surface area (Å²) in [7, 11) is 0. The maximum absolute atomic E-state index is 12.7. The molecule has 2 atom stereocenters. The lowest BCUT2D eigenvalue weighted by molar-refractivity contribution is -0.143. The van der Waals surface area contributed by atoms with Gasteiger partial charge in [0.25, 0.3) is 0 Å². The zero-order valence-electron chi connectivity index (χ0n) is 12.9. The smallest absolute Gasteiger partial charge is 0.174 e. The molecule has 0 aromatic carbocycles. The molecule has 114 valence electrons. The zero-order valence-corrected chi connectivity index (χ0v) is 14.4. The highest BCUT2D eigenvalue weighted by molar-refractivity contribution is 7.12. The van der Waals surface area contributed by atoms with Crippen LogP contribution in [0.3, 0.4) is 0 Å². The lowest BCUT2D eigenvalue weighted by atomic mass is 9.39. The molecule has 4 aliphatic rings. The molecular formula is C18H23ClOS. The molecule has 0 aliphatic heterocycles. The highest BCUT2D eigenvalue weighted by Crippen LogP contribution is 2.70. The van der Waals surface area contributed by atoms with Gasteiger partial charge in [-0.25, -0.2) is 0 Å². The summed E-state index contributed by atoms with van der Waals surface area (Å²) in [5.41, 5.74) is 1.22. The number of hydrogen-bond donors (Lipinski definition) is 0. The molecule has 0 N–H and O–H groups in total. The van der Waals surface area contributed by atoms with Crippen molar-refractivity contribution in [3.63, 3.8) is 0 Å². The topological polar surface area (TPSA) is 17.1 Å². The standard InChI is InChI=1S/C18H23ClOS/c1-16-5-12-6-17(2,9-16)11-18(7-12,10-16)8-14(20)15-13(19)3-4-21-15/h3-4,12H,5-11H2,1-2H3. The molecule has 21 heavy (non-hydrogen) atoms. The molecule has 1 aromatic rings. The van der Waals surface area contributed by atoms with Gasteiger partial charge >= 0.3 is 0 Å². The highest BCUT2D eigenvalue weighted by Gasteiger charge is 2.60. The van der Waals surface area contributed by atoms with Crippen molar-refractivity contribution in [2.75, 3.05) is 0 Å². The first-order valence-corrected chi connectivity index (χ1v) is 9.33. The van der Waals surface area contributed by atoms with Gasteiger partial charge in [-0.3, -0.25) is 4.79 Å². The van der Waals surface area contributed by atoms with Gasteiger partial charge in [0.15, 0.2) is 5.78 Å². The van der Waals surface area contributed by atoms with Crippen LogP contribution in [0.2, 0.25) is 5.02 Å². The van der Waals surface area contributed by atoms with Gasteiger partial charge < -0.3 is 0 Å². The second kappa shape index (κ2) is 4.35. The molecule has 2 unspecified atom stereocenters. The number of halogens is 1. The van der Waals surface area contributed by atoms with E-state index < -0.39 is 0 Å². The van der Waals surface area contributed by atoms with Crippen LogP contribution < -0.4 is 0 Å². The summed E-state index contributed by atoms with van der Waals surface area (Å²) in [4.78, 5) is 13.5. The molecule has 4 bridgehead atoms. The molecule has 0 amide bonds. The van der Waals surface area contributed by atoms with Gasteiger partial charge in [-0.15, -0.1) is 11.3 Å². The number of Topliss-reactive ketones (excluding diaryl/α,β-unsaturated/α-hetero) is 1. The number of rotatable bonds is 3. The normalized spacial score (nSPS) is 44.2. The molecule has 0 spiro atoms. The van der Waals surface area contributed by atoms with Gasteiger partial charge in [0.1, 0.15) is 0 Å². The quantitative estimate of drug-likeness (QED) is 0.626. The van der Waals surface area contributed by atoms with Crippen molar-refractivity contribution in [2.24, 2.45) is 22.2 Å². The monoisotopic (exact) mass is 322 g/mol. The van der Waals surface area contributed by atoms with Crippen molar-refractivity contribution < 1.29 is 4.79 Å². The minimum absolute atomic E-state index is 0.257. The zero-order chi connectivity index (χ0) is 14.9. The lowest BCUT2D eigenvalue weighted by Crippen LogP contribution is -2.55. The number of hydrogen-bond acceptors (Lipinski definition) is 2. The van der Waals surface area contributed by atoms with Crippen molar-refractivity contribution in [1.29, 1.82) is 0 Å². The van der Waals surface area contributed by atoms with Crippen LogP contribution in [0.5, 0.6) is 0 Å². The largest absolute Gasteiger partial charge is 0.293 e. The Labute approximate surface area is 136 Å². The summed E-state index contributed by atoms with van der Waals surface area (Å²) in [5, 5.41) is 2.57. The fourth-order valence-corrected chi connectivity index (χ4v) is 7.90. The molecule has 5 rings (SSSR count). The third-order valence-corrected chi connectivity index (χ3v) is 7.53. The van der Waals surface area contributed by atoms with E-state index in [9.17, 15) is 4.79 Å². The summed E-state index contributed by atoms with van der Waals surface area (Å²) in [6.07, 6.45) is 8.63. The van der Waals surface area contributed by atoms with Gasteiger partial charge in [-0.2, -0.15) is 0 Å². The van der Waals surface area contributed by atoms with E-state index in [2.05, 4.69) is 13.8 Å². The first kappa shape index (κ1) is 14.3. The number of thiophene rings is 1. The Balaban J connectivity index is 1.63. The van der Waals surface area contributed by atoms with E-state index in [0.717, 1.165) is 17.2 Å². The van der Waals surface area contributed by atoms with Crippen molar-refractivity contribution in [1.82, 2.24) is 0 Å². The fraction of sp³-hybridized carbons (Fsp3) is 0.722. The first-order chi connectivity index (χ1) is 9.81. The van der Waals surface area contributed by atoms with Gasteiger partial charge in [0.2, 0.25) is 0 Å². The Morgan fingerprint density at radius 3 is 2.43 bits per heavy atom. The second-order valence-corrected chi connectivity index (χ2v) is 10.2. The molecule has 4 fully saturated rings. The SMILES string of the molecule is CC12CC3CC(C)(C1)CC(CC(=O)c1sccc1Cl)(C3)C2. The van der Waals surface area contributed by atoms with Gasteiger partial charge in [-0.05, 0) is 72.1 Å². The summed E-state index contributed by atoms with van der Waals surface area (Å²) < 4.78 is 0. The minimum Gasteiger partial charge on any atom is -0.293 e. The highest BCUT2D eigenvalue weighted by atomic mass is 35.5. The summed E-state index contributed by atoms with van der Waals surface area (Å²) in [5.74, 6) is 1.13. The van der Waals surface area contributed by atoms with Crippen LogP contribution in [-0.2, 0) is 0 Å². The molecule has 4 saturated carbocycles. The number of ketones is 1. The Morgan fingerprint density at radius 2 is 1.90 bits per heavy atom. The molecule has 1 nitrogen and oxygen atoms in total. The number of carbonyl (C=O) groups is 1. The van der Waals surface area contributed by atoms with Crippen molar-refractivity contribution >= 4 is 28.7 Å². The van der Waals surface area contributed by atoms with Crippen LogP contribution in [0.1, 0.15) is 68.5 Å². The summed E-state index contributed by atoms with van der Waals surface area (Å²) in [6, 6.07) is 1.85. The molecule has 1 aromatic heterocycles. The molecule has 0 saturated heterocycles. The van der Waals surface area contributed by atoms with E-state index in [-0.39, 0.29) is 11.2 Å². The lowest BCUT2D eigenvalue weighted by Gasteiger charge is -2.65. The molecule has 0 radical (unpaired) electrons. The maximum atomic E-state index is 12.7. The third-order valence-electron chi connectivity index (χ3n) is 6.15. The minimum atomic E-state index is 0.257. The molecular weight excluding hydrogens is 300 g/mol. The maximum Gasteiger partial charge on any atom is 0.174 e. The van der Waals surface area contributed by atoms with E-state index in [4.69, 9.17) is 11.6 Å². The Hall–Kier alpha value is -0.340. The van der Waals surface area contributed by atoms with Crippen LogP contribution in [0.15, 0.2) is 11.4 Å². The third kappa shape index (κ3) is 2.30. The predicted octanol–water partition coefficient (Wildman–Crippen LogP) is 5.97. The molecule has 4 aliphatic carbocycles. The van der Waals surface area contributed by atoms with E-state index in [1.807, 2.05) is 11.4 Å². The van der Waals surface area contributed by atoms with Crippen LogP contribution in [0, 0.1) is 22.2 Å². The van der Waals surface area contributed by atoms with Crippen molar-refractivity contribution in [2.45, 2.75) is 58.8 Å². The van der Waals surface area contributed by atoms with Gasteiger partial charge in [0, 0.05) is 6.42 Å². The molecule has 3 heteroatoms.